The predicted octanol–water partition coefficient (Wildman–Crippen LogP) is 4.64. The third-order valence-electron chi connectivity index (χ3n) is 10.6. The number of likely N-dealkylation sites (tertiary alicyclic amines) is 1. The van der Waals surface area contributed by atoms with Gasteiger partial charge in [0.05, 0.1) is 11.7 Å². The van der Waals surface area contributed by atoms with Crippen LogP contribution in [0, 0.1) is 34.0 Å². The second-order valence-electron chi connectivity index (χ2n) is 11.9. The van der Waals surface area contributed by atoms with Gasteiger partial charge in [0, 0.05) is 24.2 Å². The Balaban J connectivity index is 1.43. The molecule has 5 saturated carbocycles. The van der Waals surface area contributed by atoms with Crippen LogP contribution in [0.25, 0.3) is 0 Å². The molecular weight excluding hydrogens is 384 g/mol. The van der Waals surface area contributed by atoms with Crippen LogP contribution >= 0.6 is 0 Å². The van der Waals surface area contributed by atoms with Crippen molar-refractivity contribution in [1.82, 2.24) is 4.90 Å². The Hall–Kier alpha value is -1.81. The van der Waals surface area contributed by atoms with Gasteiger partial charge >= 0.3 is 0 Å². The molecule has 1 aromatic rings. The van der Waals surface area contributed by atoms with E-state index in [1.54, 1.807) is 0 Å². The van der Waals surface area contributed by atoms with Crippen LogP contribution in [0.15, 0.2) is 36.4 Å². The summed E-state index contributed by atoms with van der Waals surface area (Å²) in [6.07, 6.45) is 8.75. The second-order valence-corrected chi connectivity index (χ2v) is 11.9. The van der Waals surface area contributed by atoms with Gasteiger partial charge < -0.3 is 15.7 Å². The van der Waals surface area contributed by atoms with Crippen molar-refractivity contribution in [3.63, 3.8) is 0 Å². The van der Waals surface area contributed by atoms with E-state index in [1.807, 2.05) is 24.3 Å². The maximum absolute atomic E-state index is 13.7. The lowest BCUT2D eigenvalue weighted by molar-refractivity contribution is -0.248. The molecule has 4 unspecified atom stereocenters. The molecule has 6 fully saturated rings. The van der Waals surface area contributed by atoms with Gasteiger partial charge in [0.2, 0.25) is 0 Å². The van der Waals surface area contributed by atoms with Crippen molar-refractivity contribution in [1.29, 1.82) is 0 Å². The van der Waals surface area contributed by atoms with E-state index in [1.165, 1.54) is 24.8 Å². The summed E-state index contributed by atoms with van der Waals surface area (Å²) in [4.78, 5) is 15.8. The molecular formula is C27H36N2O2. The lowest BCUT2D eigenvalue weighted by Gasteiger charge is -2.73. The zero-order valence-electron chi connectivity index (χ0n) is 18.8. The maximum Gasteiger partial charge on any atom is 0.255 e. The van der Waals surface area contributed by atoms with Gasteiger partial charge in [-0.1, -0.05) is 37.6 Å². The Morgan fingerprint density at radius 1 is 1.13 bits per heavy atom. The number of hydrogen-bond donors (Lipinski definition) is 2. The minimum absolute atomic E-state index is 0.0155. The van der Waals surface area contributed by atoms with Crippen LogP contribution in [0.3, 0.4) is 0 Å². The Morgan fingerprint density at radius 2 is 1.94 bits per heavy atom. The fraction of sp³-hybridized carbons (Fsp3) is 0.667. The number of benzene rings is 1. The van der Waals surface area contributed by atoms with Gasteiger partial charge in [-0.2, -0.15) is 0 Å². The fourth-order valence-electron chi connectivity index (χ4n) is 9.33. The SMILES string of the molecule is C=C1C[C@]23CCC1CC2C12CCCC(C)(CN(C(=O)c4ccccc4N)C1)[C@H]2C[C@@H]3O. The molecule has 1 aliphatic heterocycles. The number of anilines is 1. The highest BCUT2D eigenvalue weighted by atomic mass is 16.3. The van der Waals surface area contributed by atoms with E-state index in [0.717, 1.165) is 45.2 Å². The number of hydrogen-bond acceptors (Lipinski definition) is 3. The topological polar surface area (TPSA) is 66.6 Å². The van der Waals surface area contributed by atoms with Gasteiger partial charge in [0.15, 0.2) is 0 Å². The average molecular weight is 421 g/mol. The number of para-hydroxylation sites is 1. The summed E-state index contributed by atoms with van der Waals surface area (Å²) in [5, 5.41) is 11.6. The Morgan fingerprint density at radius 3 is 2.71 bits per heavy atom. The zero-order valence-corrected chi connectivity index (χ0v) is 18.8. The van der Waals surface area contributed by atoms with Crippen LogP contribution in [-0.2, 0) is 0 Å². The van der Waals surface area contributed by atoms with Gasteiger partial charge in [0.1, 0.15) is 0 Å². The molecule has 1 amide bonds. The van der Waals surface area contributed by atoms with E-state index in [9.17, 15) is 9.90 Å². The number of nitrogen functional groups attached to an aromatic ring is 1. The molecule has 7 atom stereocenters. The van der Waals surface area contributed by atoms with Crippen molar-refractivity contribution < 1.29 is 9.90 Å². The molecule has 6 aliphatic rings. The number of amides is 1. The van der Waals surface area contributed by atoms with Crippen LogP contribution in [-0.4, -0.2) is 35.1 Å². The third kappa shape index (κ3) is 2.49. The number of nitrogens with zero attached hydrogens (tertiary/aromatic N) is 1. The smallest absolute Gasteiger partial charge is 0.255 e. The van der Waals surface area contributed by atoms with Crippen molar-refractivity contribution in [3.8, 4) is 0 Å². The molecule has 7 rings (SSSR count). The highest BCUT2D eigenvalue weighted by Crippen LogP contribution is 2.73. The summed E-state index contributed by atoms with van der Waals surface area (Å²) < 4.78 is 0. The minimum atomic E-state index is -0.224. The van der Waals surface area contributed by atoms with Crippen LogP contribution < -0.4 is 5.73 Å². The lowest BCUT2D eigenvalue weighted by Crippen LogP contribution is -2.72. The molecule has 4 heteroatoms. The summed E-state index contributed by atoms with van der Waals surface area (Å²) in [5.74, 6) is 1.70. The summed E-state index contributed by atoms with van der Waals surface area (Å²) in [5.41, 5.74) is 8.98. The zero-order chi connectivity index (χ0) is 21.6. The largest absolute Gasteiger partial charge is 0.398 e. The van der Waals surface area contributed by atoms with Crippen LogP contribution in [0.4, 0.5) is 5.69 Å². The summed E-state index contributed by atoms with van der Waals surface area (Å²) in [7, 11) is 0. The summed E-state index contributed by atoms with van der Waals surface area (Å²) >= 11 is 0. The fourth-order valence-corrected chi connectivity index (χ4v) is 9.33. The van der Waals surface area contributed by atoms with Crippen LogP contribution in [0.2, 0.25) is 0 Å². The monoisotopic (exact) mass is 420 g/mol. The lowest BCUT2D eigenvalue weighted by atomic mass is 9.35. The molecule has 1 aromatic carbocycles. The van der Waals surface area contributed by atoms with E-state index in [2.05, 4.69) is 18.4 Å². The summed E-state index contributed by atoms with van der Waals surface area (Å²) in [6, 6.07) is 7.51. The highest BCUT2D eigenvalue weighted by Gasteiger charge is 2.70. The minimum Gasteiger partial charge on any atom is -0.398 e. The molecule has 4 bridgehead atoms. The number of rotatable bonds is 1. The van der Waals surface area contributed by atoms with E-state index in [-0.39, 0.29) is 28.3 Å². The Labute approximate surface area is 185 Å². The number of carbonyl (C=O) groups is 1. The predicted molar refractivity (Wildman–Crippen MR) is 122 cm³/mol. The number of aliphatic hydroxyl groups is 1. The first-order valence-electron chi connectivity index (χ1n) is 12.3. The molecule has 1 saturated heterocycles. The number of fused-ring (bicyclic) bond motifs is 2. The molecule has 3 N–H and O–H groups in total. The Bertz CT molecular complexity index is 958. The van der Waals surface area contributed by atoms with Crippen molar-refractivity contribution >= 4 is 11.6 Å². The van der Waals surface area contributed by atoms with Crippen molar-refractivity contribution in [3.05, 3.63) is 42.0 Å². The van der Waals surface area contributed by atoms with Crippen molar-refractivity contribution in [2.45, 2.75) is 64.4 Å². The van der Waals surface area contributed by atoms with Gasteiger partial charge in [0.25, 0.3) is 5.91 Å². The molecule has 1 spiro atoms. The molecule has 5 aliphatic carbocycles. The quantitative estimate of drug-likeness (QED) is 0.514. The number of nitrogens with two attached hydrogens (primary N) is 1. The van der Waals surface area contributed by atoms with Gasteiger partial charge in [-0.3, -0.25) is 4.79 Å². The first-order chi connectivity index (χ1) is 14.8. The van der Waals surface area contributed by atoms with E-state index in [4.69, 9.17) is 5.73 Å². The first kappa shape index (κ1) is 19.8. The standard InChI is InChI=1S/C27H36N2O2/c1-17-14-26-11-8-18(17)12-22(26)27-10-5-9-25(2,21(27)13-23(26)30)15-29(16-27)24(31)19-6-3-4-7-20(19)28/h3-4,6-7,18,21-23,30H,1,5,8-16,28H2,2H3/t18?,21-,22?,23+,25?,26-,27?/m1/s1. The third-order valence-corrected chi connectivity index (χ3v) is 10.6. The van der Waals surface area contributed by atoms with Gasteiger partial charge in [-0.05, 0) is 85.7 Å². The van der Waals surface area contributed by atoms with Crippen molar-refractivity contribution in [2.24, 2.45) is 34.0 Å². The average Bonchev–Trinajstić information content (AvgIpc) is 2.74. The highest BCUT2D eigenvalue weighted by molar-refractivity contribution is 5.99. The van der Waals surface area contributed by atoms with Gasteiger partial charge in [-0.25, -0.2) is 0 Å². The van der Waals surface area contributed by atoms with Crippen LogP contribution in [0.5, 0.6) is 0 Å². The molecule has 166 valence electrons. The molecule has 31 heavy (non-hydrogen) atoms. The summed E-state index contributed by atoms with van der Waals surface area (Å²) in [6.45, 7) is 8.43. The molecule has 0 aromatic heterocycles. The molecule has 4 nitrogen and oxygen atoms in total. The Kier molecular flexibility index (Phi) is 4.08. The number of aliphatic hydroxyl groups excluding tert-OH is 1. The van der Waals surface area contributed by atoms with Crippen molar-refractivity contribution in [2.75, 3.05) is 18.8 Å². The second kappa shape index (κ2) is 6.37. The maximum atomic E-state index is 13.7. The van der Waals surface area contributed by atoms with Gasteiger partial charge in [-0.15, -0.1) is 0 Å². The molecule has 0 radical (unpaired) electrons. The van der Waals surface area contributed by atoms with E-state index >= 15 is 0 Å². The van der Waals surface area contributed by atoms with Crippen LogP contribution in [0.1, 0.15) is 68.6 Å². The first-order valence-corrected chi connectivity index (χ1v) is 12.3. The number of allylic oxidation sites excluding steroid dienone is 1. The number of carbonyl (C=O) groups excluding carboxylic acids is 1. The number of piperidine rings is 1. The normalized spacial score (nSPS) is 45.7. The van der Waals surface area contributed by atoms with E-state index in [0.29, 0.717) is 29.0 Å². The molecule has 1 heterocycles. The van der Waals surface area contributed by atoms with E-state index < -0.39 is 0 Å².